The number of halogens is 1. The van der Waals surface area contributed by atoms with Crippen LogP contribution in [0.2, 0.25) is 0 Å². The van der Waals surface area contributed by atoms with E-state index in [-0.39, 0.29) is 11.7 Å². The minimum absolute atomic E-state index is 0.234. The highest BCUT2D eigenvalue weighted by molar-refractivity contribution is 9.10. The van der Waals surface area contributed by atoms with E-state index >= 15 is 0 Å². The molecule has 0 bridgehead atoms. The maximum atomic E-state index is 12.6. The van der Waals surface area contributed by atoms with Crippen molar-refractivity contribution in [3.8, 4) is 11.4 Å². The Labute approximate surface area is 149 Å². The van der Waals surface area contributed by atoms with Crippen molar-refractivity contribution in [1.82, 2.24) is 15.1 Å². The second-order valence-electron chi connectivity index (χ2n) is 5.36. The van der Waals surface area contributed by atoms with Crippen LogP contribution in [0, 0.1) is 0 Å². The second kappa shape index (κ2) is 6.06. The Balaban J connectivity index is 1.70. The molecular weight excluding hydrogens is 388 g/mol. The van der Waals surface area contributed by atoms with Crippen LogP contribution in [0.4, 0.5) is 5.69 Å². The molecule has 124 valence electrons. The Morgan fingerprint density at radius 1 is 1.12 bits per heavy atom. The third kappa shape index (κ3) is 2.99. The van der Waals surface area contributed by atoms with Crippen LogP contribution in [0.5, 0.6) is 0 Å². The summed E-state index contributed by atoms with van der Waals surface area (Å²) in [6.45, 7) is 0. The molecule has 0 fully saturated rings. The molecule has 0 aliphatic rings. The van der Waals surface area contributed by atoms with Crippen LogP contribution in [-0.4, -0.2) is 21.0 Å². The molecule has 0 atom stereocenters. The number of rotatable bonds is 3. The molecule has 4 rings (SSSR count). The molecule has 0 saturated heterocycles. The molecule has 0 unspecified atom stereocenters. The van der Waals surface area contributed by atoms with Gasteiger partial charge in [0.2, 0.25) is 0 Å². The van der Waals surface area contributed by atoms with Gasteiger partial charge < -0.3 is 10.3 Å². The SMILES string of the molecule is O=C(Nc1ccc(Br)cc1-c1noc(=O)[nH]1)c1cc2ccccc2[nH]1. The molecule has 3 N–H and O–H groups in total. The van der Waals surface area contributed by atoms with Crippen LogP contribution < -0.4 is 11.1 Å². The fourth-order valence-electron chi connectivity index (χ4n) is 2.55. The normalized spacial score (nSPS) is 10.9. The number of benzene rings is 2. The lowest BCUT2D eigenvalue weighted by molar-refractivity contribution is 0.102. The van der Waals surface area contributed by atoms with Gasteiger partial charge in [0, 0.05) is 20.9 Å². The van der Waals surface area contributed by atoms with Crippen LogP contribution >= 0.6 is 15.9 Å². The summed E-state index contributed by atoms with van der Waals surface area (Å²) in [6.07, 6.45) is 0. The predicted octanol–water partition coefficient (Wildman–Crippen LogP) is 3.53. The Morgan fingerprint density at radius 2 is 1.96 bits per heavy atom. The highest BCUT2D eigenvalue weighted by Crippen LogP contribution is 2.29. The van der Waals surface area contributed by atoms with E-state index in [9.17, 15) is 9.59 Å². The zero-order valence-electron chi connectivity index (χ0n) is 12.7. The van der Waals surface area contributed by atoms with E-state index in [4.69, 9.17) is 0 Å². The standard InChI is InChI=1S/C17H11BrN4O3/c18-10-5-6-13(11(8-10)15-21-17(24)25-22-15)20-16(23)14-7-9-3-1-2-4-12(9)19-14/h1-8,19H,(H,20,23)(H,21,22,24). The van der Waals surface area contributed by atoms with Gasteiger partial charge in [-0.1, -0.05) is 39.3 Å². The second-order valence-corrected chi connectivity index (χ2v) is 6.27. The van der Waals surface area contributed by atoms with Gasteiger partial charge in [0.1, 0.15) is 5.69 Å². The van der Waals surface area contributed by atoms with Crippen molar-refractivity contribution in [3.63, 3.8) is 0 Å². The first kappa shape index (κ1) is 15.4. The molecule has 0 aliphatic carbocycles. The Hall–Kier alpha value is -3.13. The number of para-hydroxylation sites is 1. The first-order chi connectivity index (χ1) is 12.1. The zero-order valence-corrected chi connectivity index (χ0v) is 14.3. The summed E-state index contributed by atoms with van der Waals surface area (Å²) in [5.41, 5.74) is 2.34. The lowest BCUT2D eigenvalue weighted by atomic mass is 10.1. The number of H-pyrrole nitrogens is 2. The number of amides is 1. The lowest BCUT2D eigenvalue weighted by Crippen LogP contribution is -2.13. The largest absolute Gasteiger partial charge is 0.439 e. The number of hydrogen-bond donors (Lipinski definition) is 3. The van der Waals surface area contributed by atoms with Crippen LogP contribution in [0.3, 0.4) is 0 Å². The molecule has 0 saturated carbocycles. The molecule has 2 aromatic carbocycles. The zero-order chi connectivity index (χ0) is 17.4. The first-order valence-electron chi connectivity index (χ1n) is 7.35. The first-order valence-corrected chi connectivity index (χ1v) is 8.14. The summed E-state index contributed by atoms with van der Waals surface area (Å²) in [4.78, 5) is 29.4. The van der Waals surface area contributed by atoms with Gasteiger partial charge in [-0.2, -0.15) is 0 Å². The van der Waals surface area contributed by atoms with Crippen LogP contribution in [0.1, 0.15) is 10.5 Å². The fourth-order valence-corrected chi connectivity index (χ4v) is 2.91. The number of aromatic amines is 2. The lowest BCUT2D eigenvalue weighted by Gasteiger charge is -2.09. The quantitative estimate of drug-likeness (QED) is 0.490. The molecule has 2 aromatic heterocycles. The summed E-state index contributed by atoms with van der Waals surface area (Å²) >= 11 is 3.37. The van der Waals surface area contributed by atoms with Gasteiger partial charge in [-0.15, -0.1) is 0 Å². The molecule has 4 aromatic rings. The third-order valence-electron chi connectivity index (χ3n) is 3.70. The topological polar surface area (TPSA) is 104 Å². The summed E-state index contributed by atoms with van der Waals surface area (Å²) in [5.74, 6) is -0.730. The highest BCUT2D eigenvalue weighted by atomic mass is 79.9. The molecule has 0 radical (unpaired) electrons. The predicted molar refractivity (Wildman–Crippen MR) is 96.5 cm³/mol. The van der Waals surface area contributed by atoms with Crippen molar-refractivity contribution in [3.05, 3.63) is 69.2 Å². The van der Waals surface area contributed by atoms with E-state index in [2.05, 4.69) is 40.9 Å². The molecule has 0 aliphatic heterocycles. The molecule has 0 spiro atoms. The van der Waals surface area contributed by atoms with E-state index in [1.807, 2.05) is 24.3 Å². The maximum absolute atomic E-state index is 12.6. The van der Waals surface area contributed by atoms with E-state index in [0.717, 1.165) is 15.4 Å². The number of anilines is 1. The van der Waals surface area contributed by atoms with E-state index in [1.54, 1.807) is 24.3 Å². The number of nitrogens with zero attached hydrogens (tertiary/aromatic N) is 1. The molecule has 2 heterocycles. The fraction of sp³-hybridized carbons (Fsp3) is 0. The number of aromatic nitrogens is 3. The molecular formula is C17H11BrN4O3. The Morgan fingerprint density at radius 3 is 2.72 bits per heavy atom. The molecule has 1 amide bonds. The summed E-state index contributed by atoms with van der Waals surface area (Å²) in [7, 11) is 0. The van der Waals surface area contributed by atoms with Gasteiger partial charge in [0.25, 0.3) is 5.91 Å². The number of nitrogens with one attached hydrogen (secondary N) is 3. The van der Waals surface area contributed by atoms with Crippen LogP contribution in [0.15, 0.2) is 62.3 Å². The van der Waals surface area contributed by atoms with Gasteiger partial charge in [0.15, 0.2) is 5.82 Å². The van der Waals surface area contributed by atoms with Gasteiger partial charge in [-0.3, -0.25) is 14.3 Å². The minimum Gasteiger partial charge on any atom is -0.351 e. The summed E-state index contributed by atoms with van der Waals surface area (Å²) in [6, 6.07) is 14.6. The maximum Gasteiger partial charge on any atom is 0.439 e. The van der Waals surface area contributed by atoms with Gasteiger partial charge in [-0.25, -0.2) is 4.79 Å². The Bertz CT molecular complexity index is 1110. The summed E-state index contributed by atoms with van der Waals surface area (Å²) in [5, 5.41) is 7.46. The highest BCUT2D eigenvalue weighted by Gasteiger charge is 2.15. The van der Waals surface area contributed by atoms with Crippen LogP contribution in [-0.2, 0) is 0 Å². The van der Waals surface area contributed by atoms with Crippen molar-refractivity contribution in [2.75, 3.05) is 5.32 Å². The van der Waals surface area contributed by atoms with Crippen molar-refractivity contribution < 1.29 is 9.32 Å². The van der Waals surface area contributed by atoms with Crippen LogP contribution in [0.25, 0.3) is 22.3 Å². The van der Waals surface area contributed by atoms with Crippen molar-refractivity contribution in [1.29, 1.82) is 0 Å². The van der Waals surface area contributed by atoms with Gasteiger partial charge in [0.05, 0.1) is 5.69 Å². The van der Waals surface area contributed by atoms with E-state index in [1.165, 1.54) is 0 Å². The molecule has 25 heavy (non-hydrogen) atoms. The average molecular weight is 399 g/mol. The molecule has 8 heteroatoms. The Kier molecular flexibility index (Phi) is 3.73. The third-order valence-corrected chi connectivity index (χ3v) is 4.19. The number of hydrogen-bond acceptors (Lipinski definition) is 4. The van der Waals surface area contributed by atoms with Gasteiger partial charge in [-0.05, 0) is 30.3 Å². The van der Waals surface area contributed by atoms with Crippen molar-refractivity contribution >= 4 is 38.4 Å². The minimum atomic E-state index is -0.664. The monoisotopic (exact) mass is 398 g/mol. The van der Waals surface area contributed by atoms with E-state index in [0.29, 0.717) is 16.9 Å². The number of carbonyl (C=O) groups is 1. The average Bonchev–Trinajstić information content (AvgIpc) is 3.22. The van der Waals surface area contributed by atoms with Crippen molar-refractivity contribution in [2.24, 2.45) is 0 Å². The summed E-state index contributed by atoms with van der Waals surface area (Å²) < 4.78 is 5.32. The number of fused-ring (bicyclic) bond motifs is 1. The molecule has 7 nitrogen and oxygen atoms in total. The van der Waals surface area contributed by atoms with E-state index < -0.39 is 5.76 Å². The number of carbonyl (C=O) groups excluding carboxylic acids is 1. The smallest absolute Gasteiger partial charge is 0.351 e. The van der Waals surface area contributed by atoms with Crippen molar-refractivity contribution in [2.45, 2.75) is 0 Å². The van der Waals surface area contributed by atoms with Gasteiger partial charge >= 0.3 is 5.76 Å².